The topological polar surface area (TPSA) is 55.4 Å². The van der Waals surface area contributed by atoms with Gasteiger partial charge in [0, 0.05) is 27.0 Å². The summed E-state index contributed by atoms with van der Waals surface area (Å²) in [6.45, 7) is 2.13. The van der Waals surface area contributed by atoms with Crippen LogP contribution in [0.25, 0.3) is 0 Å². The number of carbonyl (C=O) groups is 2. The lowest BCUT2D eigenvalue weighted by molar-refractivity contribution is -0.115. The van der Waals surface area contributed by atoms with Crippen molar-refractivity contribution in [3.05, 3.63) is 45.3 Å². The van der Waals surface area contributed by atoms with Gasteiger partial charge in [-0.25, -0.2) is 4.79 Å². The fourth-order valence-electron chi connectivity index (χ4n) is 3.23. The van der Waals surface area contributed by atoms with Crippen molar-refractivity contribution in [2.45, 2.75) is 50.3 Å². The molecule has 1 aliphatic rings. The van der Waals surface area contributed by atoms with Crippen LogP contribution in [0.1, 0.15) is 53.4 Å². The Hall–Kier alpha value is -1.50. The molecule has 150 valence electrons. The average molecular weight is 438 g/mol. The number of ether oxygens (including phenoxy) is 1. The van der Waals surface area contributed by atoms with E-state index in [1.165, 1.54) is 22.6 Å². The maximum atomic E-state index is 12.5. The third kappa shape index (κ3) is 5.52. The standard InChI is InChI=1S/C21H24ClNO3S2/c1-2-26-21(25)19-16-6-4-3-5-7-17(16)28-20(19)23-18(24)12-13-27-15-10-8-14(22)9-11-15/h8-11H,2-7,12-13H2,1H3,(H,23,24). The van der Waals surface area contributed by atoms with Gasteiger partial charge >= 0.3 is 5.97 Å². The molecule has 3 rings (SSSR count). The molecule has 0 atom stereocenters. The second kappa shape index (κ2) is 10.3. The van der Waals surface area contributed by atoms with Crippen molar-refractivity contribution in [1.82, 2.24) is 0 Å². The number of anilines is 1. The van der Waals surface area contributed by atoms with E-state index in [4.69, 9.17) is 16.3 Å². The summed E-state index contributed by atoms with van der Waals surface area (Å²) < 4.78 is 5.27. The highest BCUT2D eigenvalue weighted by atomic mass is 35.5. The molecule has 1 N–H and O–H groups in total. The van der Waals surface area contributed by atoms with Crippen LogP contribution in [0, 0.1) is 0 Å². The second-order valence-corrected chi connectivity index (χ2v) is 9.30. The fourth-order valence-corrected chi connectivity index (χ4v) is 5.50. The molecule has 0 spiro atoms. The zero-order valence-electron chi connectivity index (χ0n) is 15.9. The number of benzene rings is 1. The average Bonchev–Trinajstić information content (AvgIpc) is 2.84. The minimum atomic E-state index is -0.326. The summed E-state index contributed by atoms with van der Waals surface area (Å²) in [5.41, 5.74) is 1.65. The van der Waals surface area contributed by atoms with Gasteiger partial charge in [-0.1, -0.05) is 18.0 Å². The zero-order chi connectivity index (χ0) is 19.9. The Bertz CT molecular complexity index is 833. The van der Waals surface area contributed by atoms with E-state index in [9.17, 15) is 9.59 Å². The van der Waals surface area contributed by atoms with Crippen molar-refractivity contribution in [3.8, 4) is 0 Å². The molecule has 0 aliphatic heterocycles. The third-order valence-corrected chi connectivity index (χ3v) is 7.04. The van der Waals surface area contributed by atoms with E-state index in [0.29, 0.717) is 34.4 Å². The zero-order valence-corrected chi connectivity index (χ0v) is 18.3. The van der Waals surface area contributed by atoms with Crippen LogP contribution in [0.5, 0.6) is 0 Å². The van der Waals surface area contributed by atoms with Crippen LogP contribution < -0.4 is 5.32 Å². The molecule has 0 radical (unpaired) electrons. The molecular formula is C21H24ClNO3S2. The molecule has 1 aliphatic carbocycles. The highest BCUT2D eigenvalue weighted by Gasteiger charge is 2.26. The number of thiophene rings is 1. The summed E-state index contributed by atoms with van der Waals surface area (Å²) in [6, 6.07) is 7.57. The van der Waals surface area contributed by atoms with E-state index in [-0.39, 0.29) is 11.9 Å². The molecule has 0 saturated carbocycles. The van der Waals surface area contributed by atoms with E-state index in [0.717, 1.165) is 36.1 Å². The van der Waals surface area contributed by atoms with Crippen LogP contribution in [-0.2, 0) is 22.4 Å². The van der Waals surface area contributed by atoms with E-state index in [2.05, 4.69) is 5.32 Å². The minimum Gasteiger partial charge on any atom is -0.462 e. The molecule has 0 bridgehead atoms. The number of hydrogen-bond acceptors (Lipinski definition) is 5. The summed E-state index contributed by atoms with van der Waals surface area (Å²) in [5, 5.41) is 4.31. The predicted octanol–water partition coefficient (Wildman–Crippen LogP) is 5.97. The van der Waals surface area contributed by atoms with Crippen LogP contribution in [-0.4, -0.2) is 24.2 Å². The normalized spacial score (nSPS) is 13.5. The Balaban J connectivity index is 1.65. The first-order valence-corrected chi connectivity index (χ1v) is 11.8. The smallest absolute Gasteiger partial charge is 0.341 e. The van der Waals surface area contributed by atoms with E-state index >= 15 is 0 Å². The SMILES string of the molecule is CCOC(=O)c1c(NC(=O)CCSc2ccc(Cl)cc2)sc2c1CCCCC2. The highest BCUT2D eigenvalue weighted by Crippen LogP contribution is 2.38. The second-order valence-electron chi connectivity index (χ2n) is 6.59. The molecule has 0 saturated heterocycles. The molecule has 28 heavy (non-hydrogen) atoms. The first kappa shape index (κ1) is 21.2. The van der Waals surface area contributed by atoms with Crippen molar-refractivity contribution in [1.29, 1.82) is 0 Å². The van der Waals surface area contributed by atoms with Crippen molar-refractivity contribution in [2.24, 2.45) is 0 Å². The summed E-state index contributed by atoms with van der Waals surface area (Å²) >= 11 is 9.04. The van der Waals surface area contributed by atoms with Gasteiger partial charge in [0.15, 0.2) is 0 Å². The van der Waals surface area contributed by atoms with Gasteiger partial charge < -0.3 is 10.1 Å². The van der Waals surface area contributed by atoms with Crippen molar-refractivity contribution in [2.75, 3.05) is 17.7 Å². The van der Waals surface area contributed by atoms with Crippen LogP contribution in [0.4, 0.5) is 5.00 Å². The van der Waals surface area contributed by atoms with Gasteiger partial charge in [0.2, 0.25) is 5.91 Å². The Morgan fingerprint density at radius 1 is 1.18 bits per heavy atom. The molecule has 1 aromatic carbocycles. The number of fused-ring (bicyclic) bond motifs is 1. The summed E-state index contributed by atoms with van der Waals surface area (Å²) in [4.78, 5) is 27.3. The molecular weight excluding hydrogens is 414 g/mol. The first-order chi connectivity index (χ1) is 13.6. The molecule has 0 fully saturated rings. The van der Waals surface area contributed by atoms with Crippen LogP contribution in [0.3, 0.4) is 0 Å². The minimum absolute atomic E-state index is 0.0802. The third-order valence-electron chi connectivity index (χ3n) is 4.57. The molecule has 1 amide bonds. The summed E-state index contributed by atoms with van der Waals surface area (Å²) in [5.74, 6) is 0.254. The van der Waals surface area contributed by atoms with Crippen LogP contribution in [0.15, 0.2) is 29.2 Å². The number of hydrogen-bond donors (Lipinski definition) is 1. The lowest BCUT2D eigenvalue weighted by Gasteiger charge is -2.08. The Labute approximate surface area is 179 Å². The molecule has 7 heteroatoms. The van der Waals surface area contributed by atoms with Crippen LogP contribution >= 0.6 is 34.7 Å². The number of thioether (sulfide) groups is 1. The van der Waals surface area contributed by atoms with E-state index < -0.39 is 0 Å². The number of nitrogens with one attached hydrogen (secondary N) is 1. The monoisotopic (exact) mass is 437 g/mol. The predicted molar refractivity (Wildman–Crippen MR) is 117 cm³/mol. The molecule has 4 nitrogen and oxygen atoms in total. The number of rotatable bonds is 7. The Kier molecular flexibility index (Phi) is 7.82. The Morgan fingerprint density at radius 2 is 1.93 bits per heavy atom. The van der Waals surface area contributed by atoms with E-state index in [1.807, 2.05) is 24.3 Å². The Morgan fingerprint density at radius 3 is 2.68 bits per heavy atom. The lowest BCUT2D eigenvalue weighted by Crippen LogP contribution is -2.15. The molecule has 1 aromatic heterocycles. The van der Waals surface area contributed by atoms with Gasteiger partial charge in [0.1, 0.15) is 5.00 Å². The number of aryl methyl sites for hydroxylation is 1. The number of halogens is 1. The van der Waals surface area contributed by atoms with Crippen LogP contribution in [0.2, 0.25) is 5.02 Å². The maximum absolute atomic E-state index is 12.5. The maximum Gasteiger partial charge on any atom is 0.341 e. The van der Waals surface area contributed by atoms with Gasteiger partial charge in [-0.05, 0) is 62.4 Å². The first-order valence-electron chi connectivity index (χ1n) is 9.58. The number of carbonyl (C=O) groups excluding carboxylic acids is 2. The van der Waals surface area contributed by atoms with E-state index in [1.54, 1.807) is 18.7 Å². The van der Waals surface area contributed by atoms with Crippen molar-refractivity contribution >= 4 is 51.6 Å². The number of esters is 1. The number of amides is 1. The van der Waals surface area contributed by atoms with Crippen molar-refractivity contribution in [3.63, 3.8) is 0 Å². The highest BCUT2D eigenvalue weighted by molar-refractivity contribution is 7.99. The van der Waals surface area contributed by atoms with Crippen molar-refractivity contribution < 1.29 is 14.3 Å². The fraction of sp³-hybridized carbons (Fsp3) is 0.429. The lowest BCUT2D eigenvalue weighted by atomic mass is 10.1. The molecule has 2 aromatic rings. The summed E-state index contributed by atoms with van der Waals surface area (Å²) in [7, 11) is 0. The van der Waals surface area contributed by atoms with Gasteiger partial charge in [-0.2, -0.15) is 0 Å². The van der Waals surface area contributed by atoms with Gasteiger partial charge in [0.05, 0.1) is 12.2 Å². The molecule has 1 heterocycles. The largest absolute Gasteiger partial charge is 0.462 e. The van der Waals surface area contributed by atoms with Gasteiger partial charge in [-0.3, -0.25) is 4.79 Å². The molecule has 0 unspecified atom stereocenters. The van der Waals surface area contributed by atoms with Gasteiger partial charge in [0.25, 0.3) is 0 Å². The summed E-state index contributed by atoms with van der Waals surface area (Å²) in [6.07, 6.45) is 5.59. The quantitative estimate of drug-likeness (QED) is 0.329. The van der Waals surface area contributed by atoms with Gasteiger partial charge in [-0.15, -0.1) is 23.1 Å².